The Bertz CT molecular complexity index is 1670. The maximum Gasteiger partial charge on any atom is 0.416 e. The second kappa shape index (κ2) is 14.2. The monoisotopic (exact) mass is 728 g/mol. The third-order valence-electron chi connectivity index (χ3n) is 7.66. The van der Waals surface area contributed by atoms with E-state index in [9.17, 15) is 47.9 Å². The molecule has 2 heterocycles. The van der Waals surface area contributed by atoms with Gasteiger partial charge in [-0.1, -0.05) is 0 Å². The lowest BCUT2D eigenvalue weighted by molar-refractivity contribution is -0.143. The summed E-state index contributed by atoms with van der Waals surface area (Å²) in [5.41, 5.74) is -4.24. The largest absolute Gasteiger partial charge is 0.489 e. The Morgan fingerprint density at radius 3 is 1.90 bits per heavy atom. The second-order valence-electron chi connectivity index (χ2n) is 11.8. The van der Waals surface area contributed by atoms with Gasteiger partial charge >= 0.3 is 18.5 Å². The Hall–Kier alpha value is -3.80. The van der Waals surface area contributed by atoms with Gasteiger partial charge < -0.3 is 19.3 Å². The van der Waals surface area contributed by atoms with Crippen molar-refractivity contribution in [2.75, 3.05) is 41.5 Å². The van der Waals surface area contributed by atoms with Gasteiger partial charge in [-0.3, -0.25) is 0 Å². The van der Waals surface area contributed by atoms with Crippen molar-refractivity contribution < 1.29 is 57.4 Å². The van der Waals surface area contributed by atoms with Crippen molar-refractivity contribution in [3.63, 3.8) is 0 Å². The number of hydrogen-bond donors (Lipinski definition) is 0. The molecule has 3 aromatic rings. The summed E-state index contributed by atoms with van der Waals surface area (Å²) in [4.78, 5) is 11.3. The summed E-state index contributed by atoms with van der Waals surface area (Å²) in [6.45, 7) is 4.66. The summed E-state index contributed by atoms with van der Waals surface area (Å²) in [6.07, 6.45) is -12.5. The van der Waals surface area contributed by atoms with E-state index in [0.717, 1.165) is 30.8 Å². The quantitative estimate of drug-likeness (QED) is 0.201. The number of alkyl halides is 9. The molecule has 0 bridgehead atoms. The third-order valence-corrected chi connectivity index (χ3v) is 8.57. The van der Waals surface area contributed by atoms with Crippen molar-refractivity contribution in [3.8, 4) is 5.75 Å². The van der Waals surface area contributed by atoms with Crippen LogP contribution in [0, 0.1) is 0 Å². The van der Waals surface area contributed by atoms with Gasteiger partial charge in [0.15, 0.2) is 15.6 Å². The highest BCUT2D eigenvalue weighted by molar-refractivity contribution is 7.90. The van der Waals surface area contributed by atoms with Gasteiger partial charge in [0, 0.05) is 31.6 Å². The van der Waals surface area contributed by atoms with Gasteiger partial charge in [0.2, 0.25) is 5.95 Å². The van der Waals surface area contributed by atoms with E-state index in [1.807, 2.05) is 0 Å². The van der Waals surface area contributed by atoms with Crippen LogP contribution in [-0.4, -0.2) is 62.3 Å². The number of sulfone groups is 1. The van der Waals surface area contributed by atoms with Crippen LogP contribution >= 0.6 is 0 Å². The molecule has 2 aromatic carbocycles. The minimum atomic E-state index is -5.15. The van der Waals surface area contributed by atoms with E-state index in [1.165, 1.54) is 17.9 Å². The highest BCUT2D eigenvalue weighted by atomic mass is 32.2. The Balaban J connectivity index is 1.85. The van der Waals surface area contributed by atoms with E-state index < -0.39 is 63.2 Å². The number of nitrogens with zero attached hydrogens (tertiary/aromatic N) is 4. The van der Waals surface area contributed by atoms with Crippen molar-refractivity contribution >= 4 is 21.5 Å². The third kappa shape index (κ3) is 10.1. The van der Waals surface area contributed by atoms with E-state index >= 15 is 0 Å². The lowest BCUT2D eigenvalue weighted by Crippen LogP contribution is -2.46. The first kappa shape index (κ1) is 38.0. The van der Waals surface area contributed by atoms with Crippen molar-refractivity contribution in [2.24, 2.45) is 0 Å². The molecular weight excluding hydrogens is 695 g/mol. The molecule has 270 valence electrons. The van der Waals surface area contributed by atoms with E-state index in [2.05, 4.69) is 9.97 Å². The van der Waals surface area contributed by atoms with Crippen LogP contribution in [0.2, 0.25) is 0 Å². The molecule has 1 aliphatic heterocycles. The Labute approximate surface area is 276 Å². The predicted octanol–water partition coefficient (Wildman–Crippen LogP) is 7.34. The summed E-state index contributed by atoms with van der Waals surface area (Å²) < 4.78 is 159. The summed E-state index contributed by atoms with van der Waals surface area (Å²) in [5, 5.41) is 0. The highest BCUT2D eigenvalue weighted by Gasteiger charge is 2.38. The second-order valence-corrected chi connectivity index (χ2v) is 14.1. The van der Waals surface area contributed by atoms with Crippen LogP contribution in [-0.2, 0) is 39.6 Å². The first-order valence-corrected chi connectivity index (χ1v) is 16.9. The van der Waals surface area contributed by atoms with Crippen molar-refractivity contribution in [1.82, 2.24) is 9.97 Å². The molecule has 1 aromatic heterocycles. The minimum absolute atomic E-state index is 0.00511. The topological polar surface area (TPSA) is 84.9 Å². The van der Waals surface area contributed by atoms with Gasteiger partial charge in [-0.2, -0.15) is 39.5 Å². The number of morpholine rings is 1. The maximum absolute atomic E-state index is 13.9. The number of benzene rings is 2. The average Bonchev–Trinajstić information content (AvgIpc) is 2.97. The standard InChI is InChI=1S/C31H33F9N4O4S/c1-18-15-43(16-19(2)48-18)27-6-5-23(29(32,33)34)11-22(27)17-44(28-41-13-26(14-42-28)47-7-8-49(4,45)46)20(3)21-9-24(30(35,36)37)12-25(10-21)31(38,39)40/h5-6,9-14,18-20H,7-8,15-17H2,1-4H3. The van der Waals surface area contributed by atoms with Crippen molar-refractivity contribution in [1.29, 1.82) is 0 Å². The van der Waals surface area contributed by atoms with E-state index in [4.69, 9.17) is 9.47 Å². The molecule has 1 saturated heterocycles. The molecule has 8 nitrogen and oxygen atoms in total. The molecule has 0 aliphatic carbocycles. The molecule has 0 N–H and O–H groups in total. The van der Waals surface area contributed by atoms with Crippen LogP contribution in [0.1, 0.15) is 54.6 Å². The zero-order valence-electron chi connectivity index (χ0n) is 26.6. The molecule has 49 heavy (non-hydrogen) atoms. The normalized spacial score (nSPS) is 18.3. The summed E-state index contributed by atoms with van der Waals surface area (Å²) in [7, 11) is -3.38. The molecule has 0 spiro atoms. The van der Waals surface area contributed by atoms with E-state index in [1.54, 1.807) is 18.7 Å². The fourth-order valence-electron chi connectivity index (χ4n) is 5.38. The van der Waals surface area contributed by atoms with Gasteiger partial charge in [-0.15, -0.1) is 0 Å². The van der Waals surface area contributed by atoms with Crippen LogP contribution in [0.5, 0.6) is 5.75 Å². The van der Waals surface area contributed by atoms with Crippen LogP contribution in [0.25, 0.3) is 0 Å². The van der Waals surface area contributed by atoms with Crippen LogP contribution in [0.4, 0.5) is 51.1 Å². The minimum Gasteiger partial charge on any atom is -0.489 e. The van der Waals surface area contributed by atoms with Crippen LogP contribution in [0.3, 0.4) is 0 Å². The molecule has 1 aliphatic rings. The molecule has 3 atom stereocenters. The predicted molar refractivity (Wildman–Crippen MR) is 162 cm³/mol. The molecule has 1 fully saturated rings. The molecule has 0 radical (unpaired) electrons. The summed E-state index contributed by atoms with van der Waals surface area (Å²) in [6, 6.07) is 2.71. The van der Waals surface area contributed by atoms with Gasteiger partial charge in [0.25, 0.3) is 0 Å². The molecular formula is C31H33F9N4O4S. The zero-order valence-corrected chi connectivity index (χ0v) is 27.4. The smallest absolute Gasteiger partial charge is 0.416 e. The molecule has 0 amide bonds. The maximum atomic E-state index is 13.9. The molecule has 3 unspecified atom stereocenters. The summed E-state index contributed by atoms with van der Waals surface area (Å²) >= 11 is 0. The number of hydrogen-bond acceptors (Lipinski definition) is 8. The van der Waals surface area contributed by atoms with Crippen LogP contribution in [0.15, 0.2) is 48.8 Å². The number of rotatable bonds is 10. The Kier molecular flexibility index (Phi) is 11.0. The lowest BCUT2D eigenvalue weighted by Gasteiger charge is -2.39. The van der Waals surface area contributed by atoms with Crippen molar-refractivity contribution in [3.05, 3.63) is 76.6 Å². The number of halogens is 9. The van der Waals surface area contributed by atoms with Crippen molar-refractivity contribution in [2.45, 2.75) is 64.1 Å². The van der Waals surface area contributed by atoms with Gasteiger partial charge in [0.05, 0.1) is 53.1 Å². The average molecular weight is 729 g/mol. The zero-order chi connectivity index (χ0) is 36.5. The molecule has 18 heteroatoms. The highest BCUT2D eigenvalue weighted by Crippen LogP contribution is 2.40. The first-order valence-electron chi connectivity index (χ1n) is 14.8. The number of ether oxygens (including phenoxy) is 2. The first-order chi connectivity index (χ1) is 22.5. The Morgan fingerprint density at radius 1 is 0.878 bits per heavy atom. The molecule has 4 rings (SSSR count). The lowest BCUT2D eigenvalue weighted by atomic mass is 9.98. The Morgan fingerprint density at radius 2 is 1.41 bits per heavy atom. The van der Waals surface area contributed by atoms with E-state index in [0.29, 0.717) is 17.8 Å². The fourth-order valence-corrected chi connectivity index (χ4v) is 5.77. The number of aromatic nitrogens is 2. The number of anilines is 2. The van der Waals surface area contributed by atoms with Crippen LogP contribution < -0.4 is 14.5 Å². The van der Waals surface area contributed by atoms with Gasteiger partial charge in [0.1, 0.15) is 6.61 Å². The molecule has 0 saturated carbocycles. The van der Waals surface area contributed by atoms with E-state index in [-0.39, 0.29) is 61.0 Å². The van der Waals surface area contributed by atoms with Gasteiger partial charge in [-0.05, 0) is 68.3 Å². The fraction of sp³-hybridized carbons (Fsp3) is 0.484. The van der Waals surface area contributed by atoms with Gasteiger partial charge in [-0.25, -0.2) is 18.4 Å². The summed E-state index contributed by atoms with van der Waals surface area (Å²) in [5.74, 6) is -0.609. The SMILES string of the molecule is CC1CN(c2ccc(C(F)(F)F)cc2CN(c2ncc(OCCS(C)(=O)=O)cn2)C(C)c2cc(C(F)(F)F)cc(C(F)(F)F)c2)CC(C)O1.